The second-order valence-corrected chi connectivity index (χ2v) is 5.54. The molecule has 1 aliphatic carbocycles. The molecule has 0 aromatic carbocycles. The van der Waals surface area contributed by atoms with Gasteiger partial charge in [0.15, 0.2) is 5.13 Å². The zero-order chi connectivity index (χ0) is 12.4. The summed E-state index contributed by atoms with van der Waals surface area (Å²) < 4.78 is 0. The fourth-order valence-electron chi connectivity index (χ4n) is 1.80. The van der Waals surface area contributed by atoms with E-state index in [1.165, 1.54) is 24.2 Å². The predicted octanol–water partition coefficient (Wildman–Crippen LogP) is 1.69. The monoisotopic (exact) mass is 254 g/mol. The number of carbonyl (C=O) groups is 1. The van der Waals surface area contributed by atoms with Gasteiger partial charge in [-0.3, -0.25) is 4.79 Å². The first kappa shape index (κ1) is 12.2. The van der Waals surface area contributed by atoms with Crippen molar-refractivity contribution in [1.82, 2.24) is 10.3 Å². The minimum Gasteiger partial charge on any atom is -0.382 e. The summed E-state index contributed by atoms with van der Waals surface area (Å²) in [4.78, 5) is 16.5. The van der Waals surface area contributed by atoms with Crippen molar-refractivity contribution >= 4 is 28.2 Å². The molecule has 2 rings (SSSR count). The van der Waals surface area contributed by atoms with Crippen LogP contribution in [0.25, 0.3) is 0 Å². The van der Waals surface area contributed by atoms with Gasteiger partial charge < -0.3 is 16.4 Å². The molecule has 1 unspecified atom stereocenters. The summed E-state index contributed by atoms with van der Waals surface area (Å²) in [6.07, 6.45) is 3.66. The molecule has 94 valence electrons. The van der Waals surface area contributed by atoms with Crippen LogP contribution in [0.1, 0.15) is 35.9 Å². The molecule has 1 aromatic heterocycles. The quantitative estimate of drug-likeness (QED) is 0.747. The minimum absolute atomic E-state index is 0.116. The van der Waals surface area contributed by atoms with Crippen LogP contribution in [-0.2, 0) is 0 Å². The Morgan fingerprint density at radius 2 is 2.35 bits per heavy atom. The van der Waals surface area contributed by atoms with E-state index in [9.17, 15) is 4.79 Å². The first-order valence-electron chi connectivity index (χ1n) is 5.85. The van der Waals surface area contributed by atoms with Crippen molar-refractivity contribution in [3.63, 3.8) is 0 Å². The van der Waals surface area contributed by atoms with Gasteiger partial charge in [-0.25, -0.2) is 4.98 Å². The Hall–Kier alpha value is -1.30. The lowest BCUT2D eigenvalue weighted by molar-refractivity contribution is 0.0942. The highest BCUT2D eigenvalue weighted by atomic mass is 32.1. The highest BCUT2D eigenvalue weighted by molar-refractivity contribution is 7.18. The zero-order valence-corrected chi connectivity index (χ0v) is 10.9. The molecule has 1 atom stereocenters. The molecule has 1 aliphatic rings. The van der Waals surface area contributed by atoms with Crippen LogP contribution in [0.3, 0.4) is 0 Å². The van der Waals surface area contributed by atoms with E-state index in [4.69, 9.17) is 5.73 Å². The van der Waals surface area contributed by atoms with Gasteiger partial charge in [0.05, 0.1) is 0 Å². The fraction of sp³-hybridized carbons (Fsp3) is 0.636. The molecule has 5 nitrogen and oxygen atoms in total. The second kappa shape index (κ2) is 4.91. The van der Waals surface area contributed by atoms with Gasteiger partial charge in [0.2, 0.25) is 0 Å². The molecule has 1 heterocycles. The molecule has 0 saturated heterocycles. The van der Waals surface area contributed by atoms with Crippen LogP contribution in [0.5, 0.6) is 0 Å². The number of anilines is 2. The maximum absolute atomic E-state index is 12.0. The van der Waals surface area contributed by atoms with E-state index in [2.05, 4.69) is 15.6 Å². The lowest BCUT2D eigenvalue weighted by Crippen LogP contribution is -2.32. The zero-order valence-electron chi connectivity index (χ0n) is 10.1. The van der Waals surface area contributed by atoms with Crippen molar-refractivity contribution in [2.45, 2.75) is 32.2 Å². The van der Waals surface area contributed by atoms with Crippen molar-refractivity contribution in [3.05, 3.63) is 4.88 Å². The molecule has 4 N–H and O–H groups in total. The third kappa shape index (κ3) is 3.09. The Morgan fingerprint density at radius 1 is 1.65 bits per heavy atom. The molecule has 0 radical (unpaired) electrons. The van der Waals surface area contributed by atoms with Crippen LogP contribution >= 0.6 is 11.3 Å². The van der Waals surface area contributed by atoms with Crippen LogP contribution in [-0.4, -0.2) is 24.0 Å². The van der Waals surface area contributed by atoms with E-state index in [0.29, 0.717) is 15.8 Å². The summed E-state index contributed by atoms with van der Waals surface area (Å²) in [5.74, 6) is 0.988. The number of hydrogen-bond donors (Lipinski definition) is 3. The molecule has 1 aromatic rings. The molecule has 1 saturated carbocycles. The maximum Gasteiger partial charge on any atom is 0.265 e. The average Bonchev–Trinajstić information content (AvgIpc) is 2.98. The summed E-state index contributed by atoms with van der Waals surface area (Å²) in [6.45, 7) is 2.03. The van der Waals surface area contributed by atoms with E-state index < -0.39 is 0 Å². The maximum atomic E-state index is 12.0. The van der Waals surface area contributed by atoms with Gasteiger partial charge in [-0.15, -0.1) is 0 Å². The molecule has 0 aliphatic heterocycles. The molecular weight excluding hydrogens is 236 g/mol. The fourth-order valence-corrected chi connectivity index (χ4v) is 2.54. The van der Waals surface area contributed by atoms with Crippen LogP contribution in [0.4, 0.5) is 10.9 Å². The van der Waals surface area contributed by atoms with Crippen LogP contribution < -0.4 is 16.4 Å². The van der Waals surface area contributed by atoms with Gasteiger partial charge in [0.25, 0.3) is 5.91 Å². The van der Waals surface area contributed by atoms with E-state index in [1.54, 1.807) is 7.05 Å². The van der Waals surface area contributed by atoms with Gasteiger partial charge >= 0.3 is 0 Å². The van der Waals surface area contributed by atoms with Crippen molar-refractivity contribution < 1.29 is 4.79 Å². The topological polar surface area (TPSA) is 80.0 Å². The smallest absolute Gasteiger partial charge is 0.265 e. The predicted molar refractivity (Wildman–Crippen MR) is 70.3 cm³/mol. The summed E-state index contributed by atoms with van der Waals surface area (Å²) in [5.41, 5.74) is 5.71. The van der Waals surface area contributed by atoms with Crippen molar-refractivity contribution in [3.8, 4) is 0 Å². The first-order valence-corrected chi connectivity index (χ1v) is 6.66. The number of aromatic nitrogens is 1. The molecular formula is C11H18N4OS. The first-order chi connectivity index (χ1) is 8.10. The van der Waals surface area contributed by atoms with Gasteiger partial charge in [-0.05, 0) is 19.3 Å². The summed E-state index contributed by atoms with van der Waals surface area (Å²) in [6, 6.07) is 0.203. The standard InChI is InChI=1S/C11H18N4OS/c1-6(5-7-3-4-7)14-10(16)8-9(12)15-11(13-2)17-8/h6-7H,3-5,12H2,1-2H3,(H,13,15)(H,14,16). The Morgan fingerprint density at radius 3 is 2.88 bits per heavy atom. The molecule has 0 bridgehead atoms. The van der Waals surface area contributed by atoms with E-state index in [1.807, 2.05) is 6.92 Å². The van der Waals surface area contributed by atoms with Crippen LogP contribution in [0.15, 0.2) is 0 Å². The highest BCUT2D eigenvalue weighted by Gasteiger charge is 2.25. The highest BCUT2D eigenvalue weighted by Crippen LogP contribution is 2.33. The normalized spacial score (nSPS) is 16.6. The molecule has 1 fully saturated rings. The number of thiazole rings is 1. The number of nitrogens with two attached hydrogens (primary N) is 1. The lowest BCUT2D eigenvalue weighted by atomic mass is 10.1. The second-order valence-electron chi connectivity index (χ2n) is 4.54. The number of amides is 1. The minimum atomic E-state index is -0.116. The van der Waals surface area contributed by atoms with Gasteiger partial charge in [-0.1, -0.05) is 24.2 Å². The number of carbonyl (C=O) groups excluding carboxylic acids is 1. The van der Waals surface area contributed by atoms with Crippen molar-refractivity contribution in [2.75, 3.05) is 18.1 Å². The molecule has 6 heteroatoms. The van der Waals surface area contributed by atoms with Gasteiger partial charge in [0.1, 0.15) is 10.7 Å². The number of nitrogen functional groups attached to an aromatic ring is 1. The Balaban J connectivity index is 1.95. The summed E-state index contributed by atoms with van der Waals surface area (Å²) >= 11 is 1.28. The lowest BCUT2D eigenvalue weighted by Gasteiger charge is -2.12. The number of hydrogen-bond acceptors (Lipinski definition) is 5. The van der Waals surface area contributed by atoms with Crippen LogP contribution in [0.2, 0.25) is 0 Å². The van der Waals surface area contributed by atoms with E-state index in [-0.39, 0.29) is 11.9 Å². The Labute approximate surface area is 105 Å². The third-order valence-electron chi connectivity index (χ3n) is 2.83. The number of rotatable bonds is 5. The average molecular weight is 254 g/mol. The molecule has 17 heavy (non-hydrogen) atoms. The van der Waals surface area contributed by atoms with Crippen molar-refractivity contribution in [1.29, 1.82) is 0 Å². The Bertz CT molecular complexity index is 414. The molecule has 1 amide bonds. The van der Waals surface area contributed by atoms with Crippen molar-refractivity contribution in [2.24, 2.45) is 5.92 Å². The third-order valence-corrected chi connectivity index (χ3v) is 3.92. The SMILES string of the molecule is CNc1nc(N)c(C(=O)NC(C)CC2CC2)s1. The van der Waals surface area contributed by atoms with Gasteiger partial charge in [0, 0.05) is 13.1 Å². The Kier molecular flexibility index (Phi) is 3.51. The van der Waals surface area contributed by atoms with E-state index in [0.717, 1.165) is 12.3 Å². The van der Waals surface area contributed by atoms with E-state index >= 15 is 0 Å². The van der Waals surface area contributed by atoms with Gasteiger partial charge in [-0.2, -0.15) is 0 Å². The summed E-state index contributed by atoms with van der Waals surface area (Å²) in [5, 5.41) is 6.52. The van der Waals surface area contributed by atoms with Crippen LogP contribution in [0, 0.1) is 5.92 Å². The molecule has 0 spiro atoms. The number of nitrogens with one attached hydrogen (secondary N) is 2. The number of nitrogens with zero attached hydrogens (tertiary/aromatic N) is 1. The largest absolute Gasteiger partial charge is 0.382 e. The summed E-state index contributed by atoms with van der Waals surface area (Å²) in [7, 11) is 1.76.